The highest BCUT2D eigenvalue weighted by Crippen LogP contribution is 2.25. The molecule has 0 aliphatic heterocycles. The van der Waals surface area contributed by atoms with E-state index in [2.05, 4.69) is 22.9 Å². The monoisotopic (exact) mass is 512 g/mol. The molecular weight excluding hydrogens is 488 g/mol. The summed E-state index contributed by atoms with van der Waals surface area (Å²) in [6.45, 7) is 2.96. The number of carbonyl (C=O) groups is 2. The standard InChI is InChI=1S/C26H25BrO6/c1-2-3-15-31-24-14-11-20(27)18-23(24)26(29)33-22-12-9-19(10-13-22)25(28)32-17-16-30-21-7-5-4-6-8-21/h4-14,18H,2-3,15-17H2,1H3. The quantitative estimate of drug-likeness (QED) is 0.176. The first kappa shape index (κ1) is 24.3. The van der Waals surface area contributed by atoms with Crippen LogP contribution >= 0.6 is 15.9 Å². The van der Waals surface area contributed by atoms with Gasteiger partial charge in [-0.1, -0.05) is 47.5 Å². The van der Waals surface area contributed by atoms with Crippen molar-refractivity contribution in [2.75, 3.05) is 19.8 Å². The third kappa shape index (κ3) is 7.64. The van der Waals surface area contributed by atoms with Crippen LogP contribution in [0.5, 0.6) is 17.2 Å². The molecule has 0 fully saturated rings. The van der Waals surface area contributed by atoms with E-state index in [-0.39, 0.29) is 13.2 Å². The maximum atomic E-state index is 12.7. The predicted molar refractivity (Wildman–Crippen MR) is 128 cm³/mol. The maximum Gasteiger partial charge on any atom is 0.347 e. The zero-order chi connectivity index (χ0) is 23.5. The number of esters is 2. The molecule has 0 unspecified atom stereocenters. The second-order valence-corrected chi connectivity index (χ2v) is 7.97. The Bertz CT molecular complexity index is 1050. The summed E-state index contributed by atoms with van der Waals surface area (Å²) < 4.78 is 22.7. The molecule has 3 aromatic rings. The van der Waals surface area contributed by atoms with Crippen molar-refractivity contribution in [3.63, 3.8) is 0 Å². The van der Waals surface area contributed by atoms with Crippen LogP contribution < -0.4 is 14.2 Å². The van der Waals surface area contributed by atoms with Gasteiger partial charge in [-0.3, -0.25) is 0 Å². The molecule has 0 aliphatic carbocycles. The van der Waals surface area contributed by atoms with Crippen LogP contribution in [-0.2, 0) is 4.74 Å². The molecule has 6 nitrogen and oxygen atoms in total. The Labute approximate surface area is 201 Å². The van der Waals surface area contributed by atoms with Gasteiger partial charge in [0.1, 0.15) is 36.0 Å². The highest BCUT2D eigenvalue weighted by molar-refractivity contribution is 9.10. The summed E-state index contributed by atoms with van der Waals surface area (Å²) >= 11 is 3.37. The molecule has 0 bridgehead atoms. The average molecular weight is 513 g/mol. The molecule has 0 atom stereocenters. The minimum absolute atomic E-state index is 0.119. The van der Waals surface area contributed by atoms with Gasteiger partial charge in [0.2, 0.25) is 0 Å². The first-order valence-corrected chi connectivity index (χ1v) is 11.5. The van der Waals surface area contributed by atoms with E-state index in [1.807, 2.05) is 36.4 Å². The number of para-hydroxylation sites is 1. The van der Waals surface area contributed by atoms with Gasteiger partial charge in [-0.15, -0.1) is 0 Å². The fourth-order valence-electron chi connectivity index (χ4n) is 2.83. The summed E-state index contributed by atoms with van der Waals surface area (Å²) in [6.07, 6.45) is 1.88. The number of unbranched alkanes of at least 4 members (excludes halogenated alkanes) is 1. The molecule has 3 rings (SSSR count). The predicted octanol–water partition coefficient (Wildman–Crippen LogP) is 6.08. The molecule has 0 saturated heterocycles. The molecule has 172 valence electrons. The molecule has 0 aromatic heterocycles. The van der Waals surface area contributed by atoms with E-state index in [1.54, 1.807) is 36.4 Å². The lowest BCUT2D eigenvalue weighted by atomic mass is 10.2. The molecule has 0 heterocycles. The Hall–Kier alpha value is -3.32. The average Bonchev–Trinajstić information content (AvgIpc) is 2.84. The molecule has 0 amide bonds. The Morgan fingerprint density at radius 3 is 2.27 bits per heavy atom. The fourth-order valence-corrected chi connectivity index (χ4v) is 3.19. The zero-order valence-corrected chi connectivity index (χ0v) is 19.9. The topological polar surface area (TPSA) is 71.1 Å². The van der Waals surface area contributed by atoms with E-state index in [1.165, 1.54) is 0 Å². The summed E-state index contributed by atoms with van der Waals surface area (Å²) in [4.78, 5) is 24.9. The molecular formula is C26H25BrO6. The summed E-state index contributed by atoms with van der Waals surface area (Å²) in [5, 5.41) is 0. The minimum Gasteiger partial charge on any atom is -0.493 e. The summed E-state index contributed by atoms with van der Waals surface area (Å²) in [7, 11) is 0. The van der Waals surface area contributed by atoms with Gasteiger partial charge >= 0.3 is 11.9 Å². The first-order chi connectivity index (χ1) is 16.1. The Morgan fingerprint density at radius 2 is 1.55 bits per heavy atom. The lowest BCUT2D eigenvalue weighted by Crippen LogP contribution is -2.13. The Morgan fingerprint density at radius 1 is 0.788 bits per heavy atom. The zero-order valence-electron chi connectivity index (χ0n) is 18.3. The third-order valence-electron chi connectivity index (χ3n) is 4.55. The fraction of sp³-hybridized carbons (Fsp3) is 0.231. The highest BCUT2D eigenvalue weighted by atomic mass is 79.9. The van der Waals surface area contributed by atoms with E-state index in [9.17, 15) is 9.59 Å². The van der Waals surface area contributed by atoms with Crippen molar-refractivity contribution in [2.45, 2.75) is 19.8 Å². The second-order valence-electron chi connectivity index (χ2n) is 7.05. The van der Waals surface area contributed by atoms with Crippen LogP contribution in [0.2, 0.25) is 0 Å². The van der Waals surface area contributed by atoms with E-state index in [4.69, 9.17) is 18.9 Å². The van der Waals surface area contributed by atoms with Crippen LogP contribution in [0, 0.1) is 0 Å². The molecule has 33 heavy (non-hydrogen) atoms. The molecule has 0 saturated carbocycles. The van der Waals surface area contributed by atoms with Crippen molar-refractivity contribution in [1.29, 1.82) is 0 Å². The Kier molecular flexibility index (Phi) is 9.32. The van der Waals surface area contributed by atoms with Crippen LogP contribution in [0.4, 0.5) is 0 Å². The van der Waals surface area contributed by atoms with Gasteiger partial charge in [-0.25, -0.2) is 9.59 Å². The van der Waals surface area contributed by atoms with Crippen molar-refractivity contribution >= 4 is 27.9 Å². The number of hydrogen-bond acceptors (Lipinski definition) is 6. The summed E-state index contributed by atoms with van der Waals surface area (Å²) in [5.74, 6) is 0.460. The molecule has 7 heteroatoms. The second kappa shape index (κ2) is 12.6. The van der Waals surface area contributed by atoms with Crippen molar-refractivity contribution in [2.24, 2.45) is 0 Å². The summed E-state index contributed by atoms with van der Waals surface area (Å²) in [5.41, 5.74) is 0.669. The van der Waals surface area contributed by atoms with Gasteiger partial charge < -0.3 is 18.9 Å². The van der Waals surface area contributed by atoms with Gasteiger partial charge in [-0.05, 0) is 61.0 Å². The van der Waals surface area contributed by atoms with Crippen LogP contribution in [0.25, 0.3) is 0 Å². The van der Waals surface area contributed by atoms with Crippen molar-refractivity contribution in [1.82, 2.24) is 0 Å². The SMILES string of the molecule is CCCCOc1ccc(Br)cc1C(=O)Oc1ccc(C(=O)OCCOc2ccccc2)cc1. The number of ether oxygens (including phenoxy) is 4. The molecule has 3 aromatic carbocycles. The van der Waals surface area contributed by atoms with E-state index < -0.39 is 11.9 Å². The maximum absolute atomic E-state index is 12.7. The van der Waals surface area contributed by atoms with Gasteiger partial charge in [-0.2, -0.15) is 0 Å². The normalized spacial score (nSPS) is 10.4. The molecule has 0 N–H and O–H groups in total. The Balaban J connectivity index is 1.53. The van der Waals surface area contributed by atoms with E-state index in [0.29, 0.717) is 35.0 Å². The number of benzene rings is 3. The van der Waals surface area contributed by atoms with Crippen molar-refractivity contribution in [3.05, 3.63) is 88.4 Å². The number of rotatable bonds is 11. The molecule has 0 aliphatic rings. The van der Waals surface area contributed by atoms with Crippen LogP contribution in [0.3, 0.4) is 0 Å². The number of halogens is 1. The molecule has 0 spiro atoms. The van der Waals surface area contributed by atoms with Gasteiger partial charge in [0.15, 0.2) is 0 Å². The number of carbonyl (C=O) groups excluding carboxylic acids is 2. The minimum atomic E-state index is -0.545. The lowest BCUT2D eigenvalue weighted by molar-refractivity contribution is 0.0450. The third-order valence-corrected chi connectivity index (χ3v) is 5.04. The first-order valence-electron chi connectivity index (χ1n) is 10.7. The van der Waals surface area contributed by atoms with E-state index >= 15 is 0 Å². The van der Waals surface area contributed by atoms with Crippen LogP contribution in [-0.4, -0.2) is 31.8 Å². The van der Waals surface area contributed by atoms with Gasteiger partial charge in [0, 0.05) is 4.47 Å². The van der Waals surface area contributed by atoms with Crippen molar-refractivity contribution in [3.8, 4) is 17.2 Å². The molecule has 0 radical (unpaired) electrons. The highest BCUT2D eigenvalue weighted by Gasteiger charge is 2.16. The van der Waals surface area contributed by atoms with Gasteiger partial charge in [0.25, 0.3) is 0 Å². The largest absolute Gasteiger partial charge is 0.493 e. The smallest absolute Gasteiger partial charge is 0.347 e. The lowest BCUT2D eigenvalue weighted by Gasteiger charge is -2.12. The van der Waals surface area contributed by atoms with Crippen molar-refractivity contribution < 1.29 is 28.5 Å². The van der Waals surface area contributed by atoms with Crippen LogP contribution in [0.1, 0.15) is 40.5 Å². The summed E-state index contributed by atoms with van der Waals surface area (Å²) in [6, 6.07) is 20.7. The van der Waals surface area contributed by atoms with E-state index in [0.717, 1.165) is 17.3 Å². The number of hydrogen-bond donors (Lipinski definition) is 0. The van der Waals surface area contributed by atoms with Gasteiger partial charge in [0.05, 0.1) is 12.2 Å². The van der Waals surface area contributed by atoms with Crippen LogP contribution in [0.15, 0.2) is 77.3 Å².